The van der Waals surface area contributed by atoms with E-state index in [9.17, 15) is 13.0 Å². The average molecular weight is 770 g/mol. The molecule has 7 rings (SSSR count). The Kier molecular flexibility index (Phi) is 13.6. The van der Waals surface area contributed by atoms with Crippen molar-refractivity contribution in [1.82, 2.24) is 15.0 Å². The summed E-state index contributed by atoms with van der Waals surface area (Å²) in [5.74, 6) is 2.35. The third kappa shape index (κ3) is 11.7. The number of pyridine rings is 3. The Labute approximate surface area is 324 Å². The van der Waals surface area contributed by atoms with E-state index < -0.39 is 21.0 Å². The highest BCUT2D eigenvalue weighted by Gasteiger charge is 2.30. The maximum atomic E-state index is 10.5. The quantitative estimate of drug-likeness (QED) is 0.0788. The first kappa shape index (κ1) is 38.7. The van der Waals surface area contributed by atoms with Crippen molar-refractivity contribution in [1.29, 1.82) is 0 Å². The second-order valence-corrected chi connectivity index (χ2v) is 15.4. The van der Waals surface area contributed by atoms with E-state index in [0.717, 1.165) is 61.0 Å². The van der Waals surface area contributed by atoms with Crippen molar-refractivity contribution < 1.29 is 27.2 Å². The number of aromatic nitrogens is 3. The molecule has 3 aromatic heterocycles. The van der Waals surface area contributed by atoms with Crippen molar-refractivity contribution in [2.45, 2.75) is 52.7 Å². The Bertz CT molecular complexity index is 2140. The van der Waals surface area contributed by atoms with Gasteiger partial charge in [-0.3, -0.25) is 15.0 Å². The van der Waals surface area contributed by atoms with Gasteiger partial charge in [0.1, 0.15) is 47.2 Å². The first-order chi connectivity index (χ1) is 26.8. The summed E-state index contributed by atoms with van der Waals surface area (Å²) < 4.78 is 49.9. The smallest absolute Gasteiger partial charge is 0.170 e. The normalized spacial score (nSPS) is 11.0. The monoisotopic (exact) mass is 769 g/mol. The van der Waals surface area contributed by atoms with E-state index in [4.69, 9.17) is 14.2 Å². The predicted octanol–water partition coefficient (Wildman–Crippen LogP) is 8.86. The van der Waals surface area contributed by atoms with Gasteiger partial charge in [-0.25, -0.2) is 8.42 Å². The molecule has 0 amide bonds. The second-order valence-electron chi connectivity index (χ2n) is 12.0. The number of ether oxygens (including phenoxy) is 3. The van der Waals surface area contributed by atoms with Crippen LogP contribution < -0.4 is 14.2 Å². The van der Waals surface area contributed by atoms with Gasteiger partial charge in [-0.15, -0.1) is 0 Å². The van der Waals surface area contributed by atoms with Crippen LogP contribution in [0.15, 0.2) is 190 Å². The van der Waals surface area contributed by atoms with Crippen LogP contribution in [0.5, 0.6) is 17.2 Å². The minimum Gasteiger partial charge on any atom is -0.744 e. The third-order valence-corrected chi connectivity index (χ3v) is 11.1. The predicted molar refractivity (Wildman–Crippen MR) is 211 cm³/mol. The van der Waals surface area contributed by atoms with Gasteiger partial charge in [0.05, 0.1) is 32.9 Å². The van der Waals surface area contributed by atoms with Crippen molar-refractivity contribution >= 4 is 21.0 Å². The highest BCUT2D eigenvalue weighted by atomic mass is 32.2. The van der Waals surface area contributed by atoms with E-state index in [0.29, 0.717) is 19.8 Å². The van der Waals surface area contributed by atoms with Crippen molar-refractivity contribution in [2.24, 2.45) is 0 Å². The molecule has 0 saturated heterocycles. The largest absolute Gasteiger partial charge is 0.744 e. The molecule has 0 fully saturated rings. The van der Waals surface area contributed by atoms with E-state index in [-0.39, 0.29) is 4.90 Å². The van der Waals surface area contributed by atoms with Crippen molar-refractivity contribution in [3.8, 4) is 17.2 Å². The first-order valence-electron chi connectivity index (χ1n) is 17.5. The molecule has 3 heterocycles. The molecule has 0 saturated carbocycles. The molecule has 9 nitrogen and oxygen atoms in total. The second kappa shape index (κ2) is 19.4. The highest BCUT2D eigenvalue weighted by Crippen LogP contribution is 2.36. The molecule has 55 heavy (non-hydrogen) atoms. The standard InChI is InChI=1S/C36H30N3O3S.C8H10O3S/c1-4-19-37-28(10-1)25-40-31-13-7-16-34(22-31)43(35-17-8-14-32(23-35)41-26-29-11-2-5-20-38-29)36-18-9-15-33(24-36)42-27-30-12-3-6-21-39-30;1-2-7-3-5-8(6-4-7)12(9,10)11/h1-24H,25-27H2;3-6H,2H2,1H3,(H,9,10,11)/q+1;/p-1. The lowest BCUT2D eigenvalue weighted by Crippen LogP contribution is -2.07. The summed E-state index contributed by atoms with van der Waals surface area (Å²) in [5, 5.41) is 0. The Morgan fingerprint density at radius 3 is 1.20 bits per heavy atom. The molecule has 0 N–H and O–H groups in total. The Morgan fingerprint density at radius 2 is 0.891 bits per heavy atom. The van der Waals surface area contributed by atoms with Gasteiger partial charge in [0.25, 0.3) is 0 Å². The van der Waals surface area contributed by atoms with E-state index in [1.54, 1.807) is 30.7 Å². The topological polar surface area (TPSA) is 124 Å². The number of rotatable bonds is 14. The van der Waals surface area contributed by atoms with E-state index in [1.807, 2.05) is 97.9 Å². The van der Waals surface area contributed by atoms with Gasteiger partial charge in [0.15, 0.2) is 14.7 Å². The summed E-state index contributed by atoms with van der Waals surface area (Å²) in [5.41, 5.74) is 3.65. The molecule has 0 atom stereocenters. The molecule has 0 aliphatic carbocycles. The van der Waals surface area contributed by atoms with E-state index in [1.165, 1.54) is 12.1 Å². The van der Waals surface area contributed by atoms with Crippen LogP contribution in [0.25, 0.3) is 0 Å². The maximum Gasteiger partial charge on any atom is 0.170 e. The fourth-order valence-corrected chi connectivity index (χ4v) is 7.93. The Balaban J connectivity index is 0.000000367. The number of nitrogens with zero attached hydrogens (tertiary/aromatic N) is 3. The van der Waals surface area contributed by atoms with Crippen LogP contribution >= 0.6 is 0 Å². The van der Waals surface area contributed by atoms with Crippen molar-refractivity contribution in [2.75, 3.05) is 0 Å². The molecule has 4 aromatic carbocycles. The molecule has 7 aromatic rings. The lowest BCUT2D eigenvalue weighted by molar-refractivity contribution is 0.300. The van der Waals surface area contributed by atoms with Gasteiger partial charge in [-0.1, -0.05) is 55.5 Å². The first-order valence-corrected chi connectivity index (χ1v) is 20.1. The molecule has 0 spiro atoms. The minimum atomic E-state index is -4.28. The molecule has 0 aliphatic heterocycles. The number of hydrogen-bond donors (Lipinski definition) is 0. The SMILES string of the molecule is CCc1ccc(S(=O)(=O)[O-])cc1.c1ccc(COc2cccc([S+](c3cccc(OCc4ccccn4)c3)c3cccc(OCc4ccccn4)c3)c2)nc1. The van der Waals surface area contributed by atoms with Crippen molar-refractivity contribution in [3.05, 3.63) is 193 Å². The fourth-order valence-electron chi connectivity index (χ4n) is 5.30. The Hall–Kier alpha value is -6.01. The summed E-state index contributed by atoms with van der Waals surface area (Å²) in [6.45, 7) is 3.14. The summed E-state index contributed by atoms with van der Waals surface area (Å²) in [7, 11) is -4.75. The van der Waals surface area contributed by atoms with Crippen LogP contribution in [0.2, 0.25) is 0 Å². The molecule has 0 radical (unpaired) electrons. The lowest BCUT2D eigenvalue weighted by Gasteiger charge is -2.13. The van der Waals surface area contributed by atoms with Gasteiger partial charge >= 0.3 is 0 Å². The van der Waals surface area contributed by atoms with E-state index in [2.05, 4.69) is 51.4 Å². The van der Waals surface area contributed by atoms with Crippen LogP contribution in [0, 0.1) is 0 Å². The zero-order chi connectivity index (χ0) is 38.3. The number of hydrogen-bond acceptors (Lipinski definition) is 9. The highest BCUT2D eigenvalue weighted by molar-refractivity contribution is 7.97. The van der Waals surface area contributed by atoms with Crippen LogP contribution in [0.4, 0.5) is 0 Å². The zero-order valence-electron chi connectivity index (χ0n) is 30.1. The van der Waals surface area contributed by atoms with Gasteiger partial charge < -0.3 is 18.8 Å². The molecule has 11 heteroatoms. The van der Waals surface area contributed by atoms with Gasteiger partial charge in [0, 0.05) is 36.8 Å². The molecule has 0 unspecified atom stereocenters. The molecular formula is C44H39N3O6S2. The lowest BCUT2D eigenvalue weighted by atomic mass is 10.2. The summed E-state index contributed by atoms with van der Waals surface area (Å²) in [4.78, 5) is 16.3. The van der Waals surface area contributed by atoms with Gasteiger partial charge in [-0.2, -0.15) is 0 Å². The fraction of sp³-hybridized carbons (Fsp3) is 0.114. The summed E-state index contributed by atoms with van der Waals surface area (Å²) >= 11 is 0. The van der Waals surface area contributed by atoms with E-state index >= 15 is 0 Å². The number of aryl methyl sites for hydroxylation is 1. The maximum absolute atomic E-state index is 10.5. The molecule has 0 aliphatic rings. The average Bonchev–Trinajstić information content (AvgIpc) is 3.23. The number of benzene rings is 4. The summed E-state index contributed by atoms with van der Waals surface area (Å²) in [6, 6.07) is 48.2. The van der Waals surface area contributed by atoms with Gasteiger partial charge in [-0.05, 0) is 96.9 Å². The third-order valence-electron chi connectivity index (χ3n) is 8.08. The van der Waals surface area contributed by atoms with Crippen LogP contribution in [0.3, 0.4) is 0 Å². The van der Waals surface area contributed by atoms with Gasteiger partial charge in [0.2, 0.25) is 0 Å². The van der Waals surface area contributed by atoms with Crippen LogP contribution in [0.1, 0.15) is 29.6 Å². The molecule has 278 valence electrons. The molecular weight excluding hydrogens is 731 g/mol. The van der Waals surface area contributed by atoms with Crippen LogP contribution in [-0.2, 0) is 47.3 Å². The zero-order valence-corrected chi connectivity index (χ0v) is 31.7. The molecule has 0 bridgehead atoms. The minimum absolute atomic E-state index is 0.167. The summed E-state index contributed by atoms with van der Waals surface area (Å²) in [6.07, 6.45) is 6.16. The van der Waals surface area contributed by atoms with Crippen molar-refractivity contribution in [3.63, 3.8) is 0 Å². The Morgan fingerprint density at radius 1 is 0.509 bits per heavy atom. The van der Waals surface area contributed by atoms with Crippen LogP contribution in [-0.4, -0.2) is 27.9 Å².